The van der Waals surface area contributed by atoms with Gasteiger partial charge < -0.3 is 24.8 Å². The molecule has 0 aliphatic rings. The van der Waals surface area contributed by atoms with Crippen LogP contribution in [-0.4, -0.2) is 38.9 Å². The smallest absolute Gasteiger partial charge is 0.243 e. The fraction of sp³-hybridized carbons (Fsp3) is 0.435. The first-order valence-electron chi connectivity index (χ1n) is 10.1. The van der Waals surface area contributed by atoms with Crippen LogP contribution in [0.4, 0.5) is 11.4 Å². The number of amides is 1. The van der Waals surface area contributed by atoms with Crippen LogP contribution in [0.15, 0.2) is 48.5 Å². The minimum atomic E-state index is -0.124. The Labute approximate surface area is 173 Å². The molecule has 6 nitrogen and oxygen atoms in total. The van der Waals surface area contributed by atoms with Gasteiger partial charge in [-0.05, 0) is 55.7 Å². The Bertz CT molecular complexity index is 732. The summed E-state index contributed by atoms with van der Waals surface area (Å²) in [7, 11) is 0. The van der Waals surface area contributed by atoms with Gasteiger partial charge in [0.25, 0.3) is 0 Å². The monoisotopic (exact) mass is 400 g/mol. The van der Waals surface area contributed by atoms with Gasteiger partial charge in [0.1, 0.15) is 18.1 Å². The molecule has 0 bridgehead atoms. The molecular weight excluding hydrogens is 368 g/mol. The normalized spacial score (nSPS) is 10.6. The summed E-state index contributed by atoms with van der Waals surface area (Å²) in [5, 5.41) is 5.99. The average Bonchev–Trinajstić information content (AvgIpc) is 2.71. The van der Waals surface area contributed by atoms with Crippen LogP contribution in [0, 0.1) is 5.92 Å². The Morgan fingerprint density at radius 3 is 2.41 bits per heavy atom. The van der Waals surface area contributed by atoms with Crippen molar-refractivity contribution in [2.75, 3.05) is 43.6 Å². The van der Waals surface area contributed by atoms with E-state index < -0.39 is 0 Å². The van der Waals surface area contributed by atoms with E-state index in [9.17, 15) is 4.79 Å². The third kappa shape index (κ3) is 9.34. The lowest BCUT2D eigenvalue weighted by molar-refractivity contribution is -0.114. The van der Waals surface area contributed by atoms with Crippen LogP contribution < -0.4 is 20.1 Å². The topological polar surface area (TPSA) is 68.8 Å². The average molecular weight is 401 g/mol. The maximum atomic E-state index is 12.2. The summed E-state index contributed by atoms with van der Waals surface area (Å²) < 4.78 is 16.5. The van der Waals surface area contributed by atoms with Crippen LogP contribution in [0.25, 0.3) is 0 Å². The molecule has 6 heteroatoms. The summed E-state index contributed by atoms with van der Waals surface area (Å²) >= 11 is 0. The molecular formula is C23H32N2O4. The van der Waals surface area contributed by atoms with Crippen molar-refractivity contribution in [1.82, 2.24) is 0 Å². The van der Waals surface area contributed by atoms with Crippen LogP contribution in [0.2, 0.25) is 0 Å². The van der Waals surface area contributed by atoms with Crippen LogP contribution in [0.1, 0.15) is 27.2 Å². The molecule has 2 N–H and O–H groups in total. The molecule has 0 heterocycles. The van der Waals surface area contributed by atoms with E-state index in [2.05, 4.69) is 24.5 Å². The van der Waals surface area contributed by atoms with E-state index in [1.807, 2.05) is 55.5 Å². The lowest BCUT2D eigenvalue weighted by Crippen LogP contribution is -2.21. The van der Waals surface area contributed by atoms with E-state index in [0.717, 1.165) is 29.3 Å². The Kier molecular flexibility index (Phi) is 9.86. The molecule has 0 unspecified atom stereocenters. The second kappa shape index (κ2) is 12.7. The number of nitrogens with one attached hydrogen (secondary N) is 2. The van der Waals surface area contributed by atoms with Crippen LogP contribution in [-0.2, 0) is 9.53 Å². The van der Waals surface area contributed by atoms with Crippen LogP contribution in [0.5, 0.6) is 11.5 Å². The standard InChI is InChI=1S/C23H32N2O4/c1-4-27-14-15-29-21-10-8-19(9-11-21)24-17-23(26)25-20-6-5-7-22(16-20)28-13-12-18(2)3/h5-11,16,18,24H,4,12-15,17H2,1-3H3,(H,25,26). The lowest BCUT2D eigenvalue weighted by atomic mass is 10.1. The molecule has 0 fully saturated rings. The van der Waals surface area contributed by atoms with Gasteiger partial charge in [0, 0.05) is 24.0 Å². The second-order valence-corrected chi connectivity index (χ2v) is 7.03. The molecule has 0 spiro atoms. The first kappa shape index (κ1) is 22.6. The van der Waals surface area contributed by atoms with Gasteiger partial charge in [-0.1, -0.05) is 19.9 Å². The zero-order valence-corrected chi connectivity index (χ0v) is 17.6. The molecule has 0 aromatic heterocycles. The number of hydrogen-bond donors (Lipinski definition) is 2. The minimum absolute atomic E-state index is 0.124. The summed E-state index contributed by atoms with van der Waals surface area (Å²) in [4.78, 5) is 12.2. The number of hydrogen-bond acceptors (Lipinski definition) is 5. The number of anilines is 2. The van der Waals surface area contributed by atoms with E-state index in [0.29, 0.717) is 32.3 Å². The Hall–Kier alpha value is -2.73. The third-order valence-corrected chi connectivity index (χ3v) is 4.09. The summed E-state index contributed by atoms with van der Waals surface area (Å²) in [5.41, 5.74) is 1.57. The van der Waals surface area contributed by atoms with Gasteiger partial charge in [-0.25, -0.2) is 0 Å². The number of ether oxygens (including phenoxy) is 3. The summed E-state index contributed by atoms with van der Waals surface area (Å²) in [6, 6.07) is 15.0. The molecule has 0 aliphatic heterocycles. The van der Waals surface area contributed by atoms with Gasteiger partial charge in [0.05, 0.1) is 19.8 Å². The lowest BCUT2D eigenvalue weighted by Gasteiger charge is -2.11. The van der Waals surface area contributed by atoms with Gasteiger partial charge in [0.15, 0.2) is 0 Å². The molecule has 0 saturated heterocycles. The molecule has 0 radical (unpaired) electrons. The quantitative estimate of drug-likeness (QED) is 0.482. The maximum Gasteiger partial charge on any atom is 0.243 e. The van der Waals surface area contributed by atoms with Crippen molar-refractivity contribution < 1.29 is 19.0 Å². The molecule has 0 atom stereocenters. The molecule has 2 rings (SSSR count). The first-order chi connectivity index (χ1) is 14.1. The van der Waals surface area contributed by atoms with Gasteiger partial charge in [-0.3, -0.25) is 4.79 Å². The van der Waals surface area contributed by atoms with Crippen molar-refractivity contribution in [3.8, 4) is 11.5 Å². The highest BCUT2D eigenvalue weighted by atomic mass is 16.5. The highest BCUT2D eigenvalue weighted by molar-refractivity contribution is 5.93. The van der Waals surface area contributed by atoms with Gasteiger partial charge in [0.2, 0.25) is 5.91 Å². The Morgan fingerprint density at radius 1 is 0.931 bits per heavy atom. The van der Waals surface area contributed by atoms with Gasteiger partial charge in [-0.15, -0.1) is 0 Å². The van der Waals surface area contributed by atoms with Crippen molar-refractivity contribution in [3.63, 3.8) is 0 Å². The number of rotatable bonds is 13. The highest BCUT2D eigenvalue weighted by Gasteiger charge is 2.04. The predicted octanol–water partition coefficient (Wildman–Crippen LogP) is 4.58. The van der Waals surface area contributed by atoms with Gasteiger partial charge >= 0.3 is 0 Å². The van der Waals surface area contributed by atoms with E-state index in [1.165, 1.54) is 0 Å². The van der Waals surface area contributed by atoms with Gasteiger partial charge in [-0.2, -0.15) is 0 Å². The summed E-state index contributed by atoms with van der Waals surface area (Å²) in [6.07, 6.45) is 0.997. The molecule has 2 aromatic carbocycles. The zero-order valence-electron chi connectivity index (χ0n) is 17.6. The molecule has 29 heavy (non-hydrogen) atoms. The number of carbonyl (C=O) groups is 1. The van der Waals surface area contributed by atoms with E-state index in [4.69, 9.17) is 14.2 Å². The van der Waals surface area contributed by atoms with Crippen molar-refractivity contribution >= 4 is 17.3 Å². The van der Waals surface area contributed by atoms with Crippen molar-refractivity contribution in [2.45, 2.75) is 27.2 Å². The van der Waals surface area contributed by atoms with Crippen LogP contribution >= 0.6 is 0 Å². The largest absolute Gasteiger partial charge is 0.494 e. The first-order valence-corrected chi connectivity index (χ1v) is 10.1. The molecule has 1 amide bonds. The van der Waals surface area contributed by atoms with Crippen molar-refractivity contribution in [1.29, 1.82) is 0 Å². The summed E-state index contributed by atoms with van der Waals surface area (Å²) in [6.45, 7) is 8.89. The van der Waals surface area contributed by atoms with E-state index in [-0.39, 0.29) is 12.5 Å². The van der Waals surface area contributed by atoms with E-state index in [1.54, 1.807) is 0 Å². The SMILES string of the molecule is CCOCCOc1ccc(NCC(=O)Nc2cccc(OCCC(C)C)c2)cc1. The molecule has 0 aliphatic carbocycles. The van der Waals surface area contributed by atoms with Crippen LogP contribution in [0.3, 0.4) is 0 Å². The third-order valence-electron chi connectivity index (χ3n) is 4.09. The molecule has 158 valence electrons. The van der Waals surface area contributed by atoms with E-state index >= 15 is 0 Å². The van der Waals surface area contributed by atoms with Crippen molar-refractivity contribution in [2.24, 2.45) is 5.92 Å². The predicted molar refractivity (Wildman–Crippen MR) is 117 cm³/mol. The minimum Gasteiger partial charge on any atom is -0.494 e. The Balaban J connectivity index is 1.74. The van der Waals surface area contributed by atoms with Crippen molar-refractivity contribution in [3.05, 3.63) is 48.5 Å². The Morgan fingerprint density at radius 2 is 1.69 bits per heavy atom. The summed E-state index contributed by atoms with van der Waals surface area (Å²) in [5.74, 6) is 2.01. The fourth-order valence-electron chi connectivity index (χ4n) is 2.50. The zero-order chi connectivity index (χ0) is 20.9. The fourth-order valence-corrected chi connectivity index (χ4v) is 2.50. The number of benzene rings is 2. The second-order valence-electron chi connectivity index (χ2n) is 7.03. The maximum absolute atomic E-state index is 12.2. The highest BCUT2D eigenvalue weighted by Crippen LogP contribution is 2.18. The molecule has 2 aromatic rings. The number of carbonyl (C=O) groups excluding carboxylic acids is 1. The molecule has 0 saturated carbocycles.